The molecule has 4 aromatic rings. The Morgan fingerprint density at radius 1 is 1.00 bits per heavy atom. The molecular formula is C26H21N3O3. The normalized spacial score (nSPS) is 10.6. The molecule has 32 heavy (non-hydrogen) atoms. The number of fused-ring (bicyclic) bond motifs is 2. The number of carbonyl (C=O) groups is 2. The topological polar surface area (TPSA) is 83.3 Å². The second-order valence-corrected chi connectivity index (χ2v) is 7.40. The molecule has 0 aliphatic carbocycles. The Morgan fingerprint density at radius 2 is 1.72 bits per heavy atom. The van der Waals surface area contributed by atoms with Crippen LogP contribution in [0.3, 0.4) is 0 Å². The van der Waals surface area contributed by atoms with Crippen molar-refractivity contribution in [3.8, 4) is 17.3 Å². The number of likely N-dealkylation sites (N-methyl/N-ethyl adjacent to an activating group) is 1. The fourth-order valence-corrected chi connectivity index (χ4v) is 3.59. The summed E-state index contributed by atoms with van der Waals surface area (Å²) in [6, 6.07) is 25.0. The quantitative estimate of drug-likeness (QED) is 0.424. The number of amides is 1. The molecule has 0 radical (unpaired) electrons. The monoisotopic (exact) mass is 423 g/mol. The molecule has 0 aliphatic heterocycles. The zero-order valence-electron chi connectivity index (χ0n) is 17.6. The Morgan fingerprint density at radius 3 is 2.53 bits per heavy atom. The van der Waals surface area contributed by atoms with E-state index >= 15 is 0 Å². The number of hydrogen-bond acceptors (Lipinski definition) is 5. The van der Waals surface area contributed by atoms with Crippen LogP contribution >= 0.6 is 0 Å². The number of nitriles is 1. The fourth-order valence-electron chi connectivity index (χ4n) is 3.59. The summed E-state index contributed by atoms with van der Waals surface area (Å²) in [6.45, 7) is -0.0999. The lowest BCUT2D eigenvalue weighted by Gasteiger charge is -2.16. The average Bonchev–Trinajstić information content (AvgIpc) is 2.84. The van der Waals surface area contributed by atoms with Gasteiger partial charge in [-0.1, -0.05) is 60.7 Å². The number of rotatable bonds is 6. The summed E-state index contributed by atoms with van der Waals surface area (Å²) in [6.07, 6.45) is 0.222. The molecule has 3 aromatic carbocycles. The van der Waals surface area contributed by atoms with Gasteiger partial charge in [-0.05, 0) is 22.9 Å². The predicted octanol–water partition coefficient (Wildman–Crippen LogP) is 4.58. The van der Waals surface area contributed by atoms with Crippen LogP contribution in [0.5, 0.6) is 0 Å². The maximum atomic E-state index is 13.0. The van der Waals surface area contributed by atoms with E-state index < -0.39 is 5.97 Å². The summed E-state index contributed by atoms with van der Waals surface area (Å²) in [5.74, 6) is -0.951. The number of hydrogen-bond donors (Lipinski definition) is 0. The van der Waals surface area contributed by atoms with E-state index in [0.717, 1.165) is 16.3 Å². The number of esters is 1. The molecule has 4 rings (SSSR count). The third kappa shape index (κ3) is 4.28. The van der Waals surface area contributed by atoms with Crippen LogP contribution < -0.4 is 0 Å². The van der Waals surface area contributed by atoms with E-state index in [1.54, 1.807) is 13.1 Å². The van der Waals surface area contributed by atoms with Gasteiger partial charge in [0, 0.05) is 24.5 Å². The second-order valence-electron chi connectivity index (χ2n) is 7.40. The van der Waals surface area contributed by atoms with Gasteiger partial charge in [0.2, 0.25) is 0 Å². The van der Waals surface area contributed by atoms with Crippen molar-refractivity contribution < 1.29 is 14.3 Å². The van der Waals surface area contributed by atoms with Gasteiger partial charge in [0.05, 0.1) is 29.3 Å². The van der Waals surface area contributed by atoms with E-state index in [4.69, 9.17) is 15.0 Å². The maximum Gasteiger partial charge on any atom is 0.339 e. The van der Waals surface area contributed by atoms with Gasteiger partial charge in [0.15, 0.2) is 6.61 Å². The molecule has 0 spiro atoms. The SMILES string of the molecule is CN(CCC#N)C(=O)COC(=O)c1cc(-c2cccc3ccccc23)nc2ccccc12. The molecule has 0 N–H and O–H groups in total. The first kappa shape index (κ1) is 21.0. The zero-order chi connectivity index (χ0) is 22.5. The number of nitrogens with zero attached hydrogens (tertiary/aromatic N) is 3. The molecule has 1 aromatic heterocycles. The molecule has 0 unspecified atom stereocenters. The number of para-hydroxylation sites is 1. The van der Waals surface area contributed by atoms with E-state index in [1.165, 1.54) is 4.90 Å². The fraction of sp³-hybridized carbons (Fsp3) is 0.154. The highest BCUT2D eigenvalue weighted by molar-refractivity contribution is 6.06. The minimum absolute atomic E-state index is 0.222. The molecule has 6 nitrogen and oxygen atoms in total. The number of pyridine rings is 1. The van der Waals surface area contributed by atoms with Crippen LogP contribution in [0.2, 0.25) is 0 Å². The van der Waals surface area contributed by atoms with Crippen molar-refractivity contribution in [3.05, 3.63) is 78.4 Å². The summed E-state index contributed by atoms with van der Waals surface area (Å²) < 4.78 is 5.34. The van der Waals surface area contributed by atoms with Gasteiger partial charge < -0.3 is 9.64 Å². The second kappa shape index (κ2) is 9.27. The lowest BCUT2D eigenvalue weighted by molar-refractivity contribution is -0.133. The van der Waals surface area contributed by atoms with Gasteiger partial charge in [-0.2, -0.15) is 5.26 Å². The van der Waals surface area contributed by atoms with E-state index in [-0.39, 0.29) is 25.5 Å². The summed E-state index contributed by atoms with van der Waals surface area (Å²) in [4.78, 5) is 31.3. The van der Waals surface area contributed by atoms with Gasteiger partial charge in [-0.15, -0.1) is 0 Å². The van der Waals surface area contributed by atoms with E-state index in [9.17, 15) is 9.59 Å². The van der Waals surface area contributed by atoms with E-state index in [1.807, 2.05) is 72.8 Å². The van der Waals surface area contributed by atoms with Crippen LogP contribution in [-0.2, 0) is 9.53 Å². The predicted molar refractivity (Wildman–Crippen MR) is 123 cm³/mol. The Bertz CT molecular complexity index is 1350. The van der Waals surface area contributed by atoms with Gasteiger partial charge in [-0.3, -0.25) is 4.79 Å². The molecule has 158 valence electrons. The first-order valence-electron chi connectivity index (χ1n) is 10.2. The molecule has 0 bridgehead atoms. The molecule has 0 aliphatic rings. The lowest BCUT2D eigenvalue weighted by Crippen LogP contribution is -2.32. The summed E-state index contributed by atoms with van der Waals surface area (Å²) in [5.41, 5.74) is 2.59. The number of carbonyl (C=O) groups excluding carboxylic acids is 2. The molecule has 0 saturated heterocycles. The molecule has 6 heteroatoms. The summed E-state index contributed by atoms with van der Waals surface area (Å²) in [5, 5.41) is 11.4. The molecule has 1 amide bonds. The first-order valence-corrected chi connectivity index (χ1v) is 10.2. The largest absolute Gasteiger partial charge is 0.452 e. The molecule has 1 heterocycles. The third-order valence-electron chi connectivity index (χ3n) is 5.31. The Labute approximate surface area is 185 Å². The van der Waals surface area contributed by atoms with Crippen molar-refractivity contribution in [1.29, 1.82) is 5.26 Å². The van der Waals surface area contributed by atoms with Crippen molar-refractivity contribution in [1.82, 2.24) is 9.88 Å². The van der Waals surface area contributed by atoms with Crippen LogP contribution in [0.15, 0.2) is 72.8 Å². The van der Waals surface area contributed by atoms with Crippen LogP contribution in [0.25, 0.3) is 32.9 Å². The van der Waals surface area contributed by atoms with Gasteiger partial charge >= 0.3 is 5.97 Å². The highest BCUT2D eigenvalue weighted by Gasteiger charge is 2.18. The van der Waals surface area contributed by atoms with Crippen molar-refractivity contribution in [2.45, 2.75) is 6.42 Å². The molecular weight excluding hydrogens is 402 g/mol. The van der Waals surface area contributed by atoms with Gasteiger partial charge in [0.1, 0.15) is 0 Å². The lowest BCUT2D eigenvalue weighted by atomic mass is 9.99. The van der Waals surface area contributed by atoms with Gasteiger partial charge in [-0.25, -0.2) is 9.78 Å². The standard InChI is InChI=1S/C26H21N3O3/c1-29(15-7-14-27)25(30)17-32-26(31)22-16-24(28-23-13-5-4-11-21(22)23)20-12-6-9-18-8-2-3-10-19(18)20/h2-6,8-13,16H,7,15,17H2,1H3. The van der Waals surface area contributed by atoms with Crippen LogP contribution in [0.1, 0.15) is 16.8 Å². The van der Waals surface area contributed by atoms with Crippen LogP contribution in [0.4, 0.5) is 0 Å². The summed E-state index contributed by atoms with van der Waals surface area (Å²) >= 11 is 0. The average molecular weight is 423 g/mol. The molecule has 0 atom stereocenters. The smallest absolute Gasteiger partial charge is 0.339 e. The highest BCUT2D eigenvalue weighted by Crippen LogP contribution is 2.30. The van der Waals surface area contributed by atoms with E-state index in [0.29, 0.717) is 22.2 Å². The molecule has 0 fully saturated rings. The zero-order valence-corrected chi connectivity index (χ0v) is 17.6. The van der Waals surface area contributed by atoms with E-state index in [2.05, 4.69) is 0 Å². The van der Waals surface area contributed by atoms with Crippen molar-refractivity contribution in [2.24, 2.45) is 0 Å². The van der Waals surface area contributed by atoms with Crippen molar-refractivity contribution in [3.63, 3.8) is 0 Å². The first-order chi connectivity index (χ1) is 15.6. The van der Waals surface area contributed by atoms with Gasteiger partial charge in [0.25, 0.3) is 5.91 Å². The van der Waals surface area contributed by atoms with Crippen LogP contribution in [-0.4, -0.2) is 42.0 Å². The van der Waals surface area contributed by atoms with Crippen LogP contribution in [0, 0.1) is 11.3 Å². The van der Waals surface area contributed by atoms with Crippen molar-refractivity contribution in [2.75, 3.05) is 20.2 Å². The maximum absolute atomic E-state index is 13.0. The third-order valence-corrected chi connectivity index (χ3v) is 5.31. The molecule has 0 saturated carbocycles. The number of aromatic nitrogens is 1. The Kier molecular flexibility index (Phi) is 6.09. The number of benzene rings is 3. The summed E-state index contributed by atoms with van der Waals surface area (Å²) in [7, 11) is 1.58. The minimum Gasteiger partial charge on any atom is -0.452 e. The Balaban J connectivity index is 1.69. The minimum atomic E-state index is -0.591. The van der Waals surface area contributed by atoms with Crippen molar-refractivity contribution >= 4 is 33.6 Å². The number of ether oxygens (including phenoxy) is 1. The Hall–Kier alpha value is -4.24. The highest BCUT2D eigenvalue weighted by atomic mass is 16.5.